The van der Waals surface area contributed by atoms with Crippen LogP contribution < -0.4 is 4.90 Å². The first-order valence-electron chi connectivity index (χ1n) is 13.9. The predicted octanol–water partition coefficient (Wildman–Crippen LogP) is 6.19. The minimum Gasteiger partial charge on any atom is -0.480 e. The molecule has 0 spiro atoms. The number of halogens is 3. The molecule has 3 aromatic carbocycles. The Morgan fingerprint density at radius 2 is 1.71 bits per heavy atom. The van der Waals surface area contributed by atoms with Gasteiger partial charge in [0.15, 0.2) is 0 Å². The summed E-state index contributed by atoms with van der Waals surface area (Å²) in [4.78, 5) is 42.1. The van der Waals surface area contributed by atoms with Crippen molar-refractivity contribution in [2.75, 3.05) is 18.0 Å². The van der Waals surface area contributed by atoms with Gasteiger partial charge in [-0.25, -0.2) is 4.79 Å². The molecule has 2 amide bonds. The molecule has 10 heteroatoms. The van der Waals surface area contributed by atoms with Crippen LogP contribution in [0.15, 0.2) is 60.7 Å². The SMILES string of the molecule is CC(C)(C)CN1C(=O)[C@H](CC(=O)N2CCC[C@H]2C(=O)O)O[C@@H](c2cccc3ccccc23)c2cc(C(F)(F)F)ccc21. The highest BCUT2D eigenvalue weighted by atomic mass is 19.4. The molecule has 2 heterocycles. The fourth-order valence-electron chi connectivity index (χ4n) is 5.87. The first-order valence-corrected chi connectivity index (χ1v) is 13.9. The van der Waals surface area contributed by atoms with E-state index in [0.717, 1.165) is 22.9 Å². The summed E-state index contributed by atoms with van der Waals surface area (Å²) in [7, 11) is 0. The molecule has 0 aromatic heterocycles. The molecule has 1 saturated heterocycles. The van der Waals surface area contributed by atoms with Crippen molar-refractivity contribution in [1.82, 2.24) is 4.90 Å². The van der Waals surface area contributed by atoms with E-state index in [1.807, 2.05) is 51.1 Å². The lowest BCUT2D eigenvalue weighted by atomic mass is 9.92. The van der Waals surface area contributed by atoms with Crippen LogP contribution >= 0.6 is 0 Å². The summed E-state index contributed by atoms with van der Waals surface area (Å²) >= 11 is 0. The first-order chi connectivity index (χ1) is 19.7. The zero-order valence-electron chi connectivity index (χ0n) is 23.6. The zero-order valence-corrected chi connectivity index (χ0v) is 23.6. The van der Waals surface area contributed by atoms with Crippen LogP contribution in [0.2, 0.25) is 0 Å². The molecule has 1 fully saturated rings. The van der Waals surface area contributed by atoms with Crippen LogP contribution in [-0.4, -0.2) is 53.0 Å². The Kier molecular flexibility index (Phi) is 7.78. The molecule has 0 bridgehead atoms. The highest BCUT2D eigenvalue weighted by Gasteiger charge is 2.43. The minimum atomic E-state index is -4.64. The molecular formula is C32H33F3N2O5. The number of alkyl halides is 3. The van der Waals surface area contributed by atoms with E-state index in [0.29, 0.717) is 18.4 Å². The Bertz CT molecular complexity index is 1530. The summed E-state index contributed by atoms with van der Waals surface area (Å²) < 4.78 is 48.4. The lowest BCUT2D eigenvalue weighted by Crippen LogP contribution is -2.47. The number of anilines is 1. The van der Waals surface area contributed by atoms with Gasteiger partial charge in [-0.05, 0) is 52.8 Å². The Balaban J connectivity index is 1.67. The largest absolute Gasteiger partial charge is 0.480 e. The van der Waals surface area contributed by atoms with Crippen LogP contribution in [0, 0.1) is 5.41 Å². The van der Waals surface area contributed by atoms with Gasteiger partial charge in [-0.1, -0.05) is 63.2 Å². The maximum atomic E-state index is 14.2. The van der Waals surface area contributed by atoms with Gasteiger partial charge in [0.2, 0.25) is 5.91 Å². The van der Waals surface area contributed by atoms with Gasteiger partial charge in [0, 0.05) is 24.3 Å². The van der Waals surface area contributed by atoms with E-state index >= 15 is 0 Å². The molecule has 1 N–H and O–H groups in total. The molecule has 3 atom stereocenters. The second-order valence-corrected chi connectivity index (χ2v) is 12.1. The number of fused-ring (bicyclic) bond motifs is 2. The normalized spacial score (nSPS) is 21.4. The minimum absolute atomic E-state index is 0.155. The second kappa shape index (κ2) is 11.1. The number of benzene rings is 3. The van der Waals surface area contributed by atoms with Gasteiger partial charge >= 0.3 is 12.1 Å². The number of carbonyl (C=O) groups is 3. The third kappa shape index (κ3) is 5.86. The monoisotopic (exact) mass is 582 g/mol. The number of aliphatic carboxylic acids is 1. The van der Waals surface area contributed by atoms with Gasteiger partial charge in [-0.2, -0.15) is 13.2 Å². The molecule has 5 rings (SSSR count). The third-order valence-electron chi connectivity index (χ3n) is 7.73. The van der Waals surface area contributed by atoms with Gasteiger partial charge in [-0.15, -0.1) is 0 Å². The number of carboxylic acids is 1. The number of hydrogen-bond donors (Lipinski definition) is 1. The lowest BCUT2D eigenvalue weighted by molar-refractivity contribution is -0.151. The highest BCUT2D eigenvalue weighted by molar-refractivity contribution is 6.01. The zero-order chi connectivity index (χ0) is 30.4. The average molecular weight is 583 g/mol. The standard InChI is InChI=1S/C32H33F3N2O5/c1-31(2,3)18-37-24-14-13-20(32(33,34)35)16-23(24)28(22-11-6-9-19-8-4-5-10-21(19)22)42-26(29(37)39)17-27(38)36-15-7-12-25(36)30(40)41/h4-6,8-11,13-14,16,25-26,28H,7,12,15,17-18H2,1-3H3,(H,40,41)/t25-,26-,28-/m0/s1. The molecule has 0 unspecified atom stereocenters. The summed E-state index contributed by atoms with van der Waals surface area (Å²) in [5, 5.41) is 11.2. The smallest absolute Gasteiger partial charge is 0.416 e. The maximum Gasteiger partial charge on any atom is 0.416 e. The number of likely N-dealkylation sites (tertiary alicyclic amines) is 1. The first kappa shape index (κ1) is 29.6. The number of carbonyl (C=O) groups excluding carboxylic acids is 2. The molecule has 3 aromatic rings. The van der Waals surface area contributed by atoms with Crippen molar-refractivity contribution < 1.29 is 37.4 Å². The number of ether oxygens (including phenoxy) is 1. The van der Waals surface area contributed by atoms with E-state index in [9.17, 15) is 32.7 Å². The van der Waals surface area contributed by atoms with E-state index < -0.39 is 59.6 Å². The van der Waals surface area contributed by atoms with Gasteiger partial charge in [0.05, 0.1) is 12.0 Å². The van der Waals surface area contributed by atoms with Gasteiger partial charge in [-0.3, -0.25) is 9.59 Å². The third-order valence-corrected chi connectivity index (χ3v) is 7.73. The van der Waals surface area contributed by atoms with Crippen LogP contribution in [0.5, 0.6) is 0 Å². The molecular weight excluding hydrogens is 549 g/mol. The van der Waals surface area contributed by atoms with Crippen molar-refractivity contribution in [1.29, 1.82) is 0 Å². The molecule has 0 aliphatic carbocycles. The van der Waals surface area contributed by atoms with E-state index in [4.69, 9.17) is 4.74 Å². The van der Waals surface area contributed by atoms with Gasteiger partial charge in [0.25, 0.3) is 5.91 Å². The topological polar surface area (TPSA) is 87.2 Å². The van der Waals surface area contributed by atoms with Crippen LogP contribution in [0.3, 0.4) is 0 Å². The molecule has 2 aliphatic heterocycles. The van der Waals surface area contributed by atoms with Crippen molar-refractivity contribution in [2.24, 2.45) is 5.41 Å². The van der Waals surface area contributed by atoms with E-state index in [2.05, 4.69) is 0 Å². The number of hydrogen-bond acceptors (Lipinski definition) is 4. The maximum absolute atomic E-state index is 14.2. The number of carboxylic acid groups (broad SMARTS) is 1. The summed E-state index contributed by atoms with van der Waals surface area (Å²) in [6.07, 6.45) is -6.73. The summed E-state index contributed by atoms with van der Waals surface area (Å²) in [5.74, 6) is -2.23. The molecule has 2 aliphatic rings. The van der Waals surface area contributed by atoms with Crippen LogP contribution in [0.1, 0.15) is 62.8 Å². The van der Waals surface area contributed by atoms with E-state index in [-0.39, 0.29) is 24.3 Å². The number of nitrogens with zero attached hydrogens (tertiary/aromatic N) is 2. The fraction of sp³-hybridized carbons (Fsp3) is 0.406. The lowest BCUT2D eigenvalue weighted by Gasteiger charge is -2.32. The quantitative estimate of drug-likeness (QED) is 0.388. The van der Waals surface area contributed by atoms with Gasteiger partial charge < -0.3 is 19.6 Å². The molecule has 7 nitrogen and oxygen atoms in total. The van der Waals surface area contributed by atoms with Crippen molar-refractivity contribution in [2.45, 2.75) is 64.5 Å². The van der Waals surface area contributed by atoms with Crippen LogP contribution in [-0.2, 0) is 25.3 Å². The predicted molar refractivity (Wildman–Crippen MR) is 151 cm³/mol. The van der Waals surface area contributed by atoms with Gasteiger partial charge in [0.1, 0.15) is 18.2 Å². The Hall–Kier alpha value is -3.92. The summed E-state index contributed by atoms with van der Waals surface area (Å²) in [5.41, 5.74) is -0.332. The second-order valence-electron chi connectivity index (χ2n) is 12.1. The number of amides is 2. The molecule has 0 saturated carbocycles. The molecule has 222 valence electrons. The van der Waals surface area contributed by atoms with Crippen molar-refractivity contribution >= 4 is 34.2 Å². The van der Waals surface area contributed by atoms with Crippen molar-refractivity contribution in [3.05, 3.63) is 77.4 Å². The van der Waals surface area contributed by atoms with Crippen LogP contribution in [0.25, 0.3) is 10.8 Å². The van der Waals surface area contributed by atoms with E-state index in [1.54, 1.807) is 12.1 Å². The Labute approximate surface area is 241 Å². The summed E-state index contributed by atoms with van der Waals surface area (Å²) in [6.45, 7) is 6.10. The molecule has 42 heavy (non-hydrogen) atoms. The Morgan fingerprint density at radius 3 is 2.40 bits per heavy atom. The molecule has 0 radical (unpaired) electrons. The fourth-order valence-corrected chi connectivity index (χ4v) is 5.87. The summed E-state index contributed by atoms with van der Waals surface area (Å²) in [6, 6.07) is 15.1. The Morgan fingerprint density at radius 1 is 1.00 bits per heavy atom. The average Bonchev–Trinajstić information content (AvgIpc) is 3.40. The van der Waals surface area contributed by atoms with E-state index in [1.165, 1.54) is 15.9 Å². The van der Waals surface area contributed by atoms with Crippen LogP contribution in [0.4, 0.5) is 18.9 Å². The highest BCUT2D eigenvalue weighted by Crippen LogP contribution is 2.44. The van der Waals surface area contributed by atoms with Crippen molar-refractivity contribution in [3.8, 4) is 0 Å². The number of rotatable bonds is 5. The van der Waals surface area contributed by atoms with Crippen molar-refractivity contribution in [3.63, 3.8) is 0 Å².